The fourth-order valence-electron chi connectivity index (χ4n) is 3.02. The molecule has 0 atom stereocenters. The molecule has 25 heavy (non-hydrogen) atoms. The van der Waals surface area contributed by atoms with E-state index < -0.39 is 11.6 Å². The Labute approximate surface area is 146 Å². The molecule has 3 rings (SSSR count). The molecule has 0 saturated carbocycles. The Bertz CT molecular complexity index is 738. The van der Waals surface area contributed by atoms with E-state index in [0.717, 1.165) is 37.7 Å². The van der Waals surface area contributed by atoms with Crippen LogP contribution >= 0.6 is 0 Å². The Balaban J connectivity index is 1.59. The summed E-state index contributed by atoms with van der Waals surface area (Å²) >= 11 is 0. The molecule has 132 valence electrons. The first-order valence-electron chi connectivity index (χ1n) is 8.59. The highest BCUT2D eigenvalue weighted by Crippen LogP contribution is 2.19. The van der Waals surface area contributed by atoms with Gasteiger partial charge in [-0.25, -0.2) is 8.78 Å². The number of carbonyl (C=O) groups is 1. The van der Waals surface area contributed by atoms with E-state index in [1.807, 2.05) is 12.1 Å². The van der Waals surface area contributed by atoms with Crippen molar-refractivity contribution in [3.8, 4) is 0 Å². The first-order chi connectivity index (χ1) is 12.0. The highest BCUT2D eigenvalue weighted by molar-refractivity contribution is 6.04. The van der Waals surface area contributed by atoms with E-state index >= 15 is 0 Å². The molecule has 0 bridgehead atoms. The van der Waals surface area contributed by atoms with Gasteiger partial charge in [-0.2, -0.15) is 0 Å². The van der Waals surface area contributed by atoms with Gasteiger partial charge in [0.1, 0.15) is 0 Å². The molecular formula is C20H22F2N2O. The molecule has 2 aromatic rings. The molecule has 1 aliphatic rings. The number of nitrogens with zero attached hydrogens (tertiary/aromatic N) is 1. The molecule has 1 amide bonds. The van der Waals surface area contributed by atoms with Crippen molar-refractivity contribution in [2.75, 3.05) is 18.4 Å². The van der Waals surface area contributed by atoms with Gasteiger partial charge in [0, 0.05) is 23.9 Å². The van der Waals surface area contributed by atoms with Gasteiger partial charge in [-0.3, -0.25) is 9.69 Å². The zero-order valence-corrected chi connectivity index (χ0v) is 14.3. The minimum absolute atomic E-state index is 0.232. The highest BCUT2D eigenvalue weighted by Gasteiger charge is 2.16. The van der Waals surface area contributed by atoms with E-state index in [9.17, 15) is 13.6 Å². The minimum atomic E-state index is -0.982. The maximum absolute atomic E-state index is 13.2. The van der Waals surface area contributed by atoms with Gasteiger partial charge < -0.3 is 5.32 Å². The number of likely N-dealkylation sites (tertiary alicyclic amines) is 1. The number of hydrogen-bond donors (Lipinski definition) is 1. The molecule has 3 nitrogen and oxygen atoms in total. The van der Waals surface area contributed by atoms with Crippen LogP contribution in [0.1, 0.15) is 35.7 Å². The van der Waals surface area contributed by atoms with E-state index in [1.165, 1.54) is 24.5 Å². The highest BCUT2D eigenvalue weighted by atomic mass is 19.2. The zero-order chi connectivity index (χ0) is 17.8. The van der Waals surface area contributed by atoms with Crippen molar-refractivity contribution in [3.63, 3.8) is 0 Å². The van der Waals surface area contributed by atoms with Crippen molar-refractivity contribution in [3.05, 3.63) is 65.2 Å². The Kier molecular flexibility index (Phi) is 5.43. The monoisotopic (exact) mass is 344 g/mol. The van der Waals surface area contributed by atoms with Crippen molar-refractivity contribution >= 4 is 11.6 Å². The molecule has 0 unspecified atom stereocenters. The molecule has 5 heteroatoms. The average molecular weight is 344 g/mol. The fraction of sp³-hybridized carbons (Fsp3) is 0.350. The average Bonchev–Trinajstić information content (AvgIpc) is 2.61. The second kappa shape index (κ2) is 7.74. The van der Waals surface area contributed by atoms with Crippen LogP contribution in [-0.4, -0.2) is 23.9 Å². The normalized spacial score (nSPS) is 16.0. The number of hydrogen-bond acceptors (Lipinski definition) is 2. The largest absolute Gasteiger partial charge is 0.322 e. The number of piperidine rings is 1. The molecule has 1 N–H and O–H groups in total. The van der Waals surface area contributed by atoms with Gasteiger partial charge in [-0.05, 0) is 61.7 Å². The van der Waals surface area contributed by atoms with Crippen molar-refractivity contribution in [2.24, 2.45) is 5.92 Å². The predicted molar refractivity (Wildman–Crippen MR) is 94.4 cm³/mol. The predicted octanol–water partition coefficient (Wildman–Crippen LogP) is 4.45. The fourth-order valence-corrected chi connectivity index (χ4v) is 3.02. The Morgan fingerprint density at radius 1 is 1.08 bits per heavy atom. The van der Waals surface area contributed by atoms with Crippen molar-refractivity contribution in [1.82, 2.24) is 4.90 Å². The van der Waals surface area contributed by atoms with Crippen LogP contribution in [0.5, 0.6) is 0 Å². The quantitative estimate of drug-likeness (QED) is 0.889. The molecule has 2 aromatic carbocycles. The number of rotatable bonds is 4. The lowest BCUT2D eigenvalue weighted by Crippen LogP contribution is -2.32. The van der Waals surface area contributed by atoms with E-state index in [4.69, 9.17) is 0 Å². The van der Waals surface area contributed by atoms with Gasteiger partial charge >= 0.3 is 0 Å². The first kappa shape index (κ1) is 17.5. The van der Waals surface area contributed by atoms with Crippen LogP contribution < -0.4 is 5.32 Å². The SMILES string of the molecule is CC1CCN(Cc2ccc(C(=O)Nc3ccc(F)c(F)c3)cc2)CC1. The smallest absolute Gasteiger partial charge is 0.255 e. The van der Waals surface area contributed by atoms with Gasteiger partial charge in [-0.1, -0.05) is 19.1 Å². The van der Waals surface area contributed by atoms with Gasteiger partial charge in [-0.15, -0.1) is 0 Å². The molecule has 0 aliphatic carbocycles. The third-order valence-corrected chi connectivity index (χ3v) is 4.68. The second-order valence-corrected chi connectivity index (χ2v) is 6.74. The standard InChI is InChI=1S/C20H22F2N2O/c1-14-8-10-24(11-9-14)13-15-2-4-16(5-3-15)20(25)23-17-6-7-18(21)19(22)12-17/h2-7,12,14H,8-11,13H2,1H3,(H,23,25). The summed E-state index contributed by atoms with van der Waals surface area (Å²) in [6.07, 6.45) is 2.46. The summed E-state index contributed by atoms with van der Waals surface area (Å²) in [7, 11) is 0. The second-order valence-electron chi connectivity index (χ2n) is 6.74. The summed E-state index contributed by atoms with van der Waals surface area (Å²) in [5.41, 5.74) is 1.88. The Hall–Kier alpha value is -2.27. The topological polar surface area (TPSA) is 32.3 Å². The van der Waals surface area contributed by atoms with Gasteiger partial charge in [0.25, 0.3) is 5.91 Å². The van der Waals surface area contributed by atoms with E-state index in [1.54, 1.807) is 12.1 Å². The van der Waals surface area contributed by atoms with Crippen LogP contribution in [0, 0.1) is 17.6 Å². The summed E-state index contributed by atoms with van der Waals surface area (Å²) in [6.45, 7) is 5.40. The summed E-state index contributed by atoms with van der Waals surface area (Å²) < 4.78 is 26.1. The van der Waals surface area contributed by atoms with Crippen LogP contribution in [0.2, 0.25) is 0 Å². The van der Waals surface area contributed by atoms with Gasteiger partial charge in [0.05, 0.1) is 0 Å². The molecule has 0 radical (unpaired) electrons. The molecule has 0 spiro atoms. The summed E-state index contributed by atoms with van der Waals surface area (Å²) in [6, 6.07) is 10.7. The lowest BCUT2D eigenvalue weighted by molar-refractivity contribution is 0.102. The number of amides is 1. The van der Waals surface area contributed by atoms with Crippen molar-refractivity contribution < 1.29 is 13.6 Å². The lowest BCUT2D eigenvalue weighted by Gasteiger charge is -2.30. The summed E-state index contributed by atoms with van der Waals surface area (Å²) in [4.78, 5) is 14.6. The molecule has 1 saturated heterocycles. The van der Waals surface area contributed by atoms with Crippen LogP contribution in [0.4, 0.5) is 14.5 Å². The molecule has 1 fully saturated rings. The summed E-state index contributed by atoms with van der Waals surface area (Å²) in [5, 5.41) is 2.58. The molecule has 0 aromatic heterocycles. The van der Waals surface area contributed by atoms with E-state index in [-0.39, 0.29) is 11.6 Å². The van der Waals surface area contributed by atoms with Crippen LogP contribution in [0.25, 0.3) is 0 Å². The van der Waals surface area contributed by atoms with Gasteiger partial charge in [0.15, 0.2) is 11.6 Å². The number of anilines is 1. The number of benzene rings is 2. The Morgan fingerprint density at radius 3 is 2.40 bits per heavy atom. The van der Waals surface area contributed by atoms with E-state index in [2.05, 4.69) is 17.1 Å². The maximum atomic E-state index is 13.2. The molecule has 1 heterocycles. The summed E-state index contributed by atoms with van der Waals surface area (Å²) in [5.74, 6) is -1.46. The third kappa shape index (κ3) is 4.63. The molecular weight excluding hydrogens is 322 g/mol. The minimum Gasteiger partial charge on any atom is -0.322 e. The zero-order valence-electron chi connectivity index (χ0n) is 14.3. The number of halogens is 2. The molecule has 1 aliphatic heterocycles. The number of nitrogens with one attached hydrogen (secondary N) is 1. The van der Waals surface area contributed by atoms with Gasteiger partial charge in [0.2, 0.25) is 0 Å². The van der Waals surface area contributed by atoms with Crippen molar-refractivity contribution in [2.45, 2.75) is 26.3 Å². The van der Waals surface area contributed by atoms with Crippen LogP contribution in [0.15, 0.2) is 42.5 Å². The van der Waals surface area contributed by atoms with Crippen LogP contribution in [-0.2, 0) is 6.54 Å². The van der Waals surface area contributed by atoms with Crippen molar-refractivity contribution in [1.29, 1.82) is 0 Å². The first-order valence-corrected chi connectivity index (χ1v) is 8.59. The van der Waals surface area contributed by atoms with E-state index in [0.29, 0.717) is 5.56 Å². The van der Waals surface area contributed by atoms with Crippen LogP contribution in [0.3, 0.4) is 0 Å². The maximum Gasteiger partial charge on any atom is 0.255 e. The number of carbonyl (C=O) groups excluding carboxylic acids is 1. The third-order valence-electron chi connectivity index (χ3n) is 4.68. The Morgan fingerprint density at radius 2 is 1.76 bits per heavy atom. The lowest BCUT2D eigenvalue weighted by atomic mass is 9.99.